The summed E-state index contributed by atoms with van der Waals surface area (Å²) in [6.45, 7) is 11.4. The third-order valence-corrected chi connectivity index (χ3v) is 5.77. The number of nitrogens with zero attached hydrogens (tertiary/aromatic N) is 3. The molecule has 0 aliphatic rings. The summed E-state index contributed by atoms with van der Waals surface area (Å²) < 4.78 is 13.3. The minimum Gasteiger partial charge on any atom is -0.490 e. The first-order valence-corrected chi connectivity index (χ1v) is 11.9. The number of halogens is 1. The Hall–Kier alpha value is -3.26. The van der Waals surface area contributed by atoms with Gasteiger partial charge in [-0.05, 0) is 55.7 Å². The van der Waals surface area contributed by atoms with Crippen LogP contribution in [0.25, 0.3) is 10.9 Å². The van der Waals surface area contributed by atoms with Gasteiger partial charge in [-0.25, -0.2) is 4.98 Å². The molecular formula is C26H28BrN3O4. The average Bonchev–Trinajstić information content (AvgIpc) is 2.80. The zero-order valence-corrected chi connectivity index (χ0v) is 21.4. The van der Waals surface area contributed by atoms with Crippen LogP contribution in [0.15, 0.2) is 57.4 Å². The third kappa shape index (κ3) is 5.62. The molecule has 34 heavy (non-hydrogen) atoms. The Morgan fingerprint density at radius 3 is 2.71 bits per heavy atom. The van der Waals surface area contributed by atoms with Crippen molar-refractivity contribution in [1.82, 2.24) is 9.66 Å². The summed E-state index contributed by atoms with van der Waals surface area (Å²) in [5.41, 5.74) is 1.80. The summed E-state index contributed by atoms with van der Waals surface area (Å²) in [5, 5.41) is 5.01. The van der Waals surface area contributed by atoms with Gasteiger partial charge in [-0.3, -0.25) is 9.59 Å². The number of esters is 1. The van der Waals surface area contributed by atoms with Gasteiger partial charge < -0.3 is 9.47 Å². The quantitative estimate of drug-likeness (QED) is 0.157. The number of hydrogen-bond donors (Lipinski definition) is 0. The molecule has 0 radical (unpaired) electrons. The first-order valence-electron chi connectivity index (χ1n) is 11.1. The molecule has 3 aromatic rings. The second kappa shape index (κ2) is 11.2. The Bertz CT molecular complexity index is 1310. The standard InChI is InChI=1S/C26H28BrN3O4/c1-6-9-19-12-18(13-23(33-8-3)24(19)34-17(5)31)15-28-30-25(16(4)7-2)29-22-11-10-20(27)14-21(22)26(30)32/h6,10-16H,1,7-9H2,2-5H3/t16-/m1/s1. The van der Waals surface area contributed by atoms with Gasteiger partial charge in [-0.15, -0.1) is 6.58 Å². The third-order valence-electron chi connectivity index (χ3n) is 5.27. The normalized spacial score (nSPS) is 12.1. The highest BCUT2D eigenvalue weighted by molar-refractivity contribution is 9.10. The predicted octanol–water partition coefficient (Wildman–Crippen LogP) is 5.61. The first kappa shape index (κ1) is 25.4. The fourth-order valence-corrected chi connectivity index (χ4v) is 3.85. The molecule has 0 N–H and O–H groups in total. The van der Waals surface area contributed by atoms with Crippen molar-refractivity contribution in [2.45, 2.75) is 46.5 Å². The van der Waals surface area contributed by atoms with E-state index in [0.717, 1.165) is 16.5 Å². The van der Waals surface area contributed by atoms with Gasteiger partial charge in [0.2, 0.25) is 0 Å². The van der Waals surface area contributed by atoms with E-state index in [1.807, 2.05) is 39.0 Å². The van der Waals surface area contributed by atoms with Crippen LogP contribution in [0.3, 0.4) is 0 Å². The van der Waals surface area contributed by atoms with Crippen molar-refractivity contribution in [1.29, 1.82) is 0 Å². The largest absolute Gasteiger partial charge is 0.490 e. The molecular weight excluding hydrogens is 498 g/mol. The highest BCUT2D eigenvalue weighted by atomic mass is 79.9. The molecule has 0 aliphatic heterocycles. The SMILES string of the molecule is C=CCc1cc(C=Nn2c([C@H](C)CC)nc3ccc(Br)cc3c2=O)cc(OCC)c1OC(C)=O. The van der Waals surface area contributed by atoms with Crippen LogP contribution < -0.4 is 15.0 Å². The van der Waals surface area contributed by atoms with Crippen LogP contribution in [0.2, 0.25) is 0 Å². The number of allylic oxidation sites excluding steroid dienone is 1. The number of hydrogen-bond acceptors (Lipinski definition) is 6. The molecule has 0 spiro atoms. The lowest BCUT2D eigenvalue weighted by Gasteiger charge is -2.15. The molecule has 1 heterocycles. The van der Waals surface area contributed by atoms with Crippen LogP contribution in [0.5, 0.6) is 11.5 Å². The Morgan fingerprint density at radius 1 is 1.29 bits per heavy atom. The van der Waals surface area contributed by atoms with Crippen LogP contribution in [-0.2, 0) is 11.2 Å². The van der Waals surface area contributed by atoms with E-state index < -0.39 is 5.97 Å². The van der Waals surface area contributed by atoms with Gasteiger partial charge in [0.25, 0.3) is 5.56 Å². The fraction of sp³-hybridized carbons (Fsp3) is 0.308. The molecule has 0 unspecified atom stereocenters. The molecule has 0 bridgehead atoms. The smallest absolute Gasteiger partial charge is 0.308 e. The zero-order valence-electron chi connectivity index (χ0n) is 19.8. The molecule has 2 aromatic carbocycles. The monoisotopic (exact) mass is 525 g/mol. The lowest BCUT2D eigenvalue weighted by atomic mass is 10.1. The summed E-state index contributed by atoms with van der Waals surface area (Å²) in [6.07, 6.45) is 4.58. The van der Waals surface area contributed by atoms with E-state index in [-0.39, 0.29) is 11.5 Å². The minimum atomic E-state index is -0.439. The number of aromatic nitrogens is 2. The number of carbonyl (C=O) groups is 1. The number of fused-ring (bicyclic) bond motifs is 1. The molecule has 0 saturated heterocycles. The van der Waals surface area contributed by atoms with Crippen LogP contribution in [0, 0.1) is 0 Å². The molecule has 1 atom stereocenters. The fourth-order valence-electron chi connectivity index (χ4n) is 3.49. The van der Waals surface area contributed by atoms with Crippen LogP contribution >= 0.6 is 15.9 Å². The Kier molecular flexibility index (Phi) is 8.39. The summed E-state index contributed by atoms with van der Waals surface area (Å²) in [4.78, 5) is 29.7. The van der Waals surface area contributed by atoms with Crippen molar-refractivity contribution in [2.24, 2.45) is 5.10 Å². The van der Waals surface area contributed by atoms with Crippen molar-refractivity contribution in [3.8, 4) is 11.5 Å². The van der Waals surface area contributed by atoms with Crippen molar-refractivity contribution in [3.05, 3.63) is 74.8 Å². The lowest BCUT2D eigenvalue weighted by Crippen LogP contribution is -2.23. The number of ether oxygens (including phenoxy) is 2. The van der Waals surface area contributed by atoms with E-state index in [1.165, 1.54) is 11.6 Å². The maximum atomic E-state index is 13.4. The van der Waals surface area contributed by atoms with Crippen LogP contribution in [-0.4, -0.2) is 28.5 Å². The maximum absolute atomic E-state index is 13.4. The number of rotatable bonds is 9. The molecule has 0 fully saturated rings. The van der Waals surface area contributed by atoms with Gasteiger partial charge in [-0.1, -0.05) is 35.9 Å². The highest BCUT2D eigenvalue weighted by Gasteiger charge is 2.17. The average molecular weight is 526 g/mol. The summed E-state index contributed by atoms with van der Waals surface area (Å²) in [5.74, 6) is 0.964. The van der Waals surface area contributed by atoms with Crippen molar-refractivity contribution >= 4 is 39.0 Å². The highest BCUT2D eigenvalue weighted by Crippen LogP contribution is 2.34. The predicted molar refractivity (Wildman–Crippen MR) is 138 cm³/mol. The Labute approximate surface area is 207 Å². The second-order valence-corrected chi connectivity index (χ2v) is 8.74. The van der Waals surface area contributed by atoms with E-state index in [1.54, 1.807) is 24.4 Å². The molecule has 0 amide bonds. The number of carbonyl (C=O) groups excluding carboxylic acids is 1. The first-order chi connectivity index (χ1) is 16.3. The van der Waals surface area contributed by atoms with Crippen LogP contribution in [0.4, 0.5) is 0 Å². The molecule has 3 rings (SSSR count). The Morgan fingerprint density at radius 2 is 2.06 bits per heavy atom. The molecule has 178 valence electrons. The van der Waals surface area contributed by atoms with Gasteiger partial charge in [-0.2, -0.15) is 9.78 Å². The van der Waals surface area contributed by atoms with E-state index in [4.69, 9.17) is 14.5 Å². The van der Waals surface area contributed by atoms with Gasteiger partial charge >= 0.3 is 5.97 Å². The topological polar surface area (TPSA) is 82.8 Å². The minimum absolute atomic E-state index is 0.0274. The zero-order chi connectivity index (χ0) is 24.8. The van der Waals surface area contributed by atoms with Crippen molar-refractivity contribution < 1.29 is 14.3 Å². The van der Waals surface area contributed by atoms with Gasteiger partial charge in [0.05, 0.1) is 23.7 Å². The van der Waals surface area contributed by atoms with E-state index in [9.17, 15) is 9.59 Å². The lowest BCUT2D eigenvalue weighted by molar-refractivity contribution is -0.132. The molecule has 8 heteroatoms. The van der Waals surface area contributed by atoms with E-state index in [0.29, 0.717) is 46.8 Å². The van der Waals surface area contributed by atoms with Gasteiger partial charge in [0.1, 0.15) is 5.82 Å². The van der Waals surface area contributed by atoms with Crippen molar-refractivity contribution in [3.63, 3.8) is 0 Å². The second-order valence-electron chi connectivity index (χ2n) is 7.83. The summed E-state index contributed by atoms with van der Waals surface area (Å²) in [7, 11) is 0. The van der Waals surface area contributed by atoms with Gasteiger partial charge in [0, 0.05) is 22.9 Å². The Balaban J connectivity index is 2.18. The molecule has 0 saturated carbocycles. The van der Waals surface area contributed by atoms with E-state index >= 15 is 0 Å². The summed E-state index contributed by atoms with van der Waals surface area (Å²) >= 11 is 3.42. The molecule has 1 aromatic heterocycles. The number of benzene rings is 2. The van der Waals surface area contributed by atoms with E-state index in [2.05, 4.69) is 27.6 Å². The maximum Gasteiger partial charge on any atom is 0.308 e. The van der Waals surface area contributed by atoms with Crippen LogP contribution in [0.1, 0.15) is 57.0 Å². The molecule has 0 aliphatic carbocycles. The molecule has 7 nitrogen and oxygen atoms in total. The summed E-state index contributed by atoms with van der Waals surface area (Å²) in [6, 6.07) is 9.01. The van der Waals surface area contributed by atoms with Gasteiger partial charge in [0.15, 0.2) is 11.5 Å². The van der Waals surface area contributed by atoms with Crippen molar-refractivity contribution in [2.75, 3.05) is 6.61 Å².